The van der Waals surface area contributed by atoms with E-state index in [9.17, 15) is 22.8 Å². The number of nitrogens with zero attached hydrogens (tertiary/aromatic N) is 2. The number of carbonyl (C=O) groups is 3. The molecule has 0 bridgehead atoms. The Morgan fingerprint density at radius 2 is 1.98 bits per heavy atom. The van der Waals surface area contributed by atoms with Crippen molar-refractivity contribution in [2.45, 2.75) is 82.7 Å². The first-order valence-electron chi connectivity index (χ1n) is 15.4. The minimum atomic E-state index is -3.57. The zero-order valence-corrected chi connectivity index (χ0v) is 26.6. The van der Waals surface area contributed by atoms with Crippen LogP contribution in [-0.2, 0) is 30.6 Å². The van der Waals surface area contributed by atoms with Crippen LogP contribution in [0.4, 0.5) is 0 Å². The van der Waals surface area contributed by atoms with Crippen LogP contribution in [0.25, 0.3) is 10.8 Å². The molecule has 2 saturated carbocycles. The minimum Gasteiger partial charge on any atom is -0.492 e. The molecule has 1 unspecified atom stereocenters. The standard InChI is InChI=1S/C33H41N3O7S/c1-6-21-16-33(21,27(37)18-44(40,41)23-8-9-23)35-29(38)26-15-22(17-36(26)31(39)19(2)32(3,4)5)43-30-25-10-7-20-12-14-42-28(20)24(25)11-13-34-30/h6-7,10-11,13,19,21-23,26H,1,8-9,12,14-18H2,2-5H3,(H,35,38)/t19-,21-,22?,26+,33-/m1/s1. The molecule has 6 rings (SSSR count). The molecule has 2 amide bonds. The van der Waals surface area contributed by atoms with Gasteiger partial charge in [-0.2, -0.15) is 0 Å². The van der Waals surface area contributed by atoms with Crippen molar-refractivity contribution in [3.05, 3.63) is 42.6 Å². The maximum absolute atomic E-state index is 14.0. The molecule has 10 nitrogen and oxygen atoms in total. The van der Waals surface area contributed by atoms with Crippen LogP contribution in [0.2, 0.25) is 0 Å². The predicted molar refractivity (Wildman–Crippen MR) is 165 cm³/mol. The van der Waals surface area contributed by atoms with Crippen molar-refractivity contribution in [2.24, 2.45) is 17.3 Å². The van der Waals surface area contributed by atoms with Crippen molar-refractivity contribution >= 4 is 38.2 Å². The second-order valence-corrected chi connectivity index (χ2v) is 16.2. The van der Waals surface area contributed by atoms with Crippen molar-refractivity contribution in [1.82, 2.24) is 15.2 Å². The van der Waals surface area contributed by atoms with Gasteiger partial charge in [0.25, 0.3) is 0 Å². The lowest BCUT2D eigenvalue weighted by Crippen LogP contribution is -2.55. The van der Waals surface area contributed by atoms with Crippen molar-refractivity contribution in [3.63, 3.8) is 0 Å². The number of amides is 2. The predicted octanol–water partition coefficient (Wildman–Crippen LogP) is 3.41. The Morgan fingerprint density at radius 1 is 1.23 bits per heavy atom. The van der Waals surface area contributed by atoms with E-state index in [4.69, 9.17) is 9.47 Å². The summed E-state index contributed by atoms with van der Waals surface area (Å²) in [5.74, 6) is -1.36. The summed E-state index contributed by atoms with van der Waals surface area (Å²) in [7, 11) is -3.57. The Kier molecular flexibility index (Phi) is 7.54. The van der Waals surface area contributed by atoms with E-state index in [1.165, 1.54) is 0 Å². The van der Waals surface area contributed by atoms with E-state index >= 15 is 0 Å². The van der Waals surface area contributed by atoms with Crippen LogP contribution in [0, 0.1) is 17.3 Å². The van der Waals surface area contributed by atoms with E-state index in [2.05, 4.69) is 16.9 Å². The number of hydrogen-bond acceptors (Lipinski definition) is 8. The summed E-state index contributed by atoms with van der Waals surface area (Å²) in [6.45, 7) is 12.4. The number of fused-ring (bicyclic) bond motifs is 3. The molecule has 2 aliphatic heterocycles. The van der Waals surface area contributed by atoms with Crippen molar-refractivity contribution in [1.29, 1.82) is 0 Å². The first kappa shape index (κ1) is 30.6. The highest BCUT2D eigenvalue weighted by atomic mass is 32.2. The second kappa shape index (κ2) is 10.9. The molecule has 3 fully saturated rings. The number of sulfone groups is 1. The number of aromatic nitrogens is 1. The highest BCUT2D eigenvalue weighted by molar-refractivity contribution is 7.93. The van der Waals surface area contributed by atoms with E-state index in [0.717, 1.165) is 28.5 Å². The highest BCUT2D eigenvalue weighted by Crippen LogP contribution is 2.46. The van der Waals surface area contributed by atoms with Gasteiger partial charge < -0.3 is 19.7 Å². The van der Waals surface area contributed by atoms with Crippen LogP contribution in [0.5, 0.6) is 11.6 Å². The van der Waals surface area contributed by atoms with Crippen molar-refractivity contribution < 1.29 is 32.3 Å². The molecule has 0 spiro atoms. The van der Waals surface area contributed by atoms with E-state index in [-0.39, 0.29) is 36.6 Å². The third kappa shape index (κ3) is 5.48. The quantitative estimate of drug-likeness (QED) is 0.399. The number of rotatable bonds is 10. The van der Waals surface area contributed by atoms with Gasteiger partial charge >= 0.3 is 0 Å². The lowest BCUT2D eigenvalue weighted by Gasteiger charge is -2.33. The first-order valence-corrected chi connectivity index (χ1v) is 17.2. The van der Waals surface area contributed by atoms with Gasteiger partial charge in [0.15, 0.2) is 15.6 Å². The SMILES string of the molecule is C=C[C@@H]1C[C@]1(NC(=O)[C@@H]1CC(Oc2nccc3c4c(ccc23)CCO4)CN1C(=O)[C@@H](C)C(C)(C)C)C(=O)CS(=O)(=O)C1CC1. The molecule has 236 valence electrons. The molecule has 3 heterocycles. The summed E-state index contributed by atoms with van der Waals surface area (Å²) in [5, 5.41) is 4.10. The summed E-state index contributed by atoms with van der Waals surface area (Å²) < 4.78 is 37.6. The zero-order valence-electron chi connectivity index (χ0n) is 25.8. The third-order valence-corrected chi connectivity index (χ3v) is 12.0. The van der Waals surface area contributed by atoms with Gasteiger partial charge in [-0.15, -0.1) is 6.58 Å². The van der Waals surface area contributed by atoms with Gasteiger partial charge in [-0.1, -0.05) is 39.8 Å². The molecule has 1 N–H and O–H groups in total. The summed E-state index contributed by atoms with van der Waals surface area (Å²) >= 11 is 0. The zero-order chi connectivity index (χ0) is 31.6. The molecule has 1 saturated heterocycles. The normalized spacial score (nSPS) is 26.9. The minimum absolute atomic E-state index is 0.165. The van der Waals surface area contributed by atoms with E-state index in [1.54, 1.807) is 17.2 Å². The molecule has 5 atom stereocenters. The number of likely N-dealkylation sites (tertiary alicyclic amines) is 1. The molecule has 11 heteroatoms. The number of benzene rings is 1. The Balaban J connectivity index is 1.26. The van der Waals surface area contributed by atoms with E-state index in [0.29, 0.717) is 25.3 Å². The lowest BCUT2D eigenvalue weighted by molar-refractivity contribution is -0.144. The second-order valence-electron chi connectivity index (χ2n) is 13.9. The summed E-state index contributed by atoms with van der Waals surface area (Å²) in [6, 6.07) is 4.96. The average Bonchev–Trinajstić information content (AvgIpc) is 3.85. The number of Topliss-reactive ketones (excluding diaryl/α,β-unsaturated/α-hetero) is 1. The number of ether oxygens (including phenoxy) is 2. The lowest BCUT2D eigenvalue weighted by atomic mass is 9.81. The Bertz CT molecular complexity index is 1640. The maximum Gasteiger partial charge on any atom is 0.243 e. The molecular formula is C33H41N3O7S. The Morgan fingerprint density at radius 3 is 2.64 bits per heavy atom. The number of hydrogen-bond donors (Lipinski definition) is 1. The van der Waals surface area contributed by atoms with E-state index < -0.39 is 56.1 Å². The maximum atomic E-state index is 14.0. The van der Waals surface area contributed by atoms with Gasteiger partial charge in [0.2, 0.25) is 17.7 Å². The average molecular weight is 624 g/mol. The molecule has 44 heavy (non-hydrogen) atoms. The molecule has 2 aliphatic carbocycles. The van der Waals surface area contributed by atoms with Crippen LogP contribution < -0.4 is 14.8 Å². The van der Waals surface area contributed by atoms with Crippen LogP contribution in [0.3, 0.4) is 0 Å². The Labute approximate surface area is 258 Å². The van der Waals surface area contributed by atoms with Gasteiger partial charge in [-0.25, -0.2) is 13.4 Å². The van der Waals surface area contributed by atoms with Crippen molar-refractivity contribution in [3.8, 4) is 11.6 Å². The number of pyridine rings is 1. The fourth-order valence-corrected chi connectivity index (χ4v) is 8.10. The summed E-state index contributed by atoms with van der Waals surface area (Å²) in [4.78, 5) is 47.2. The molecule has 1 aromatic carbocycles. The molecule has 0 radical (unpaired) electrons. The van der Waals surface area contributed by atoms with Gasteiger partial charge in [-0.05, 0) is 42.4 Å². The molecule has 1 aromatic heterocycles. The fraction of sp³-hybridized carbons (Fsp3) is 0.576. The van der Waals surface area contributed by atoms with Gasteiger partial charge in [0, 0.05) is 41.6 Å². The topological polar surface area (TPSA) is 132 Å². The van der Waals surface area contributed by atoms with Crippen molar-refractivity contribution in [2.75, 3.05) is 18.9 Å². The van der Waals surface area contributed by atoms with Gasteiger partial charge in [-0.3, -0.25) is 14.4 Å². The Hall–Kier alpha value is -3.47. The third-order valence-electron chi connectivity index (χ3n) is 9.86. The number of ketones is 1. The summed E-state index contributed by atoms with van der Waals surface area (Å²) in [5.41, 5.74) is -0.554. The highest BCUT2D eigenvalue weighted by Gasteiger charge is 2.61. The molecule has 2 aromatic rings. The van der Waals surface area contributed by atoms with Crippen LogP contribution >= 0.6 is 0 Å². The summed E-state index contributed by atoms with van der Waals surface area (Å²) in [6.07, 6.45) is 5.15. The van der Waals surface area contributed by atoms with Crippen LogP contribution in [0.15, 0.2) is 37.1 Å². The first-order chi connectivity index (χ1) is 20.7. The van der Waals surface area contributed by atoms with E-state index in [1.807, 2.05) is 45.9 Å². The molecular weight excluding hydrogens is 582 g/mol. The van der Waals surface area contributed by atoms with Crippen LogP contribution in [-0.4, -0.2) is 77.7 Å². The fourth-order valence-electron chi connectivity index (χ4n) is 6.39. The smallest absolute Gasteiger partial charge is 0.243 e. The molecule has 4 aliphatic rings. The van der Waals surface area contributed by atoms with Gasteiger partial charge in [0.05, 0.1) is 18.4 Å². The largest absolute Gasteiger partial charge is 0.492 e. The monoisotopic (exact) mass is 623 g/mol. The number of carbonyl (C=O) groups excluding carboxylic acids is 3. The number of nitrogens with one attached hydrogen (secondary N) is 1. The van der Waals surface area contributed by atoms with Crippen LogP contribution in [0.1, 0.15) is 58.9 Å². The van der Waals surface area contributed by atoms with Gasteiger partial charge in [0.1, 0.15) is 29.2 Å².